The highest BCUT2D eigenvalue weighted by atomic mass is 16.3. The SMILES string of the molecule is CCCC1=NC(=O)c2c(CC)[nH]c(O)c21. The Morgan fingerprint density at radius 3 is 2.67 bits per heavy atom. The number of aromatic hydroxyl groups is 1. The van der Waals surface area contributed by atoms with Crippen LogP contribution < -0.4 is 0 Å². The molecule has 4 heteroatoms. The minimum absolute atomic E-state index is 0.0832. The van der Waals surface area contributed by atoms with Crippen molar-refractivity contribution in [3.05, 3.63) is 16.8 Å². The quantitative estimate of drug-likeness (QED) is 0.794. The molecule has 0 saturated carbocycles. The molecule has 0 aliphatic carbocycles. The molecule has 1 amide bonds. The van der Waals surface area contributed by atoms with Crippen molar-refractivity contribution in [2.75, 3.05) is 0 Å². The van der Waals surface area contributed by atoms with Crippen LogP contribution in [-0.4, -0.2) is 21.7 Å². The zero-order chi connectivity index (χ0) is 11.0. The van der Waals surface area contributed by atoms with Gasteiger partial charge in [-0.25, -0.2) is 4.99 Å². The van der Waals surface area contributed by atoms with E-state index in [4.69, 9.17) is 0 Å². The van der Waals surface area contributed by atoms with Crippen molar-refractivity contribution in [2.24, 2.45) is 4.99 Å². The third-order valence-electron chi connectivity index (χ3n) is 2.64. The number of hydrogen-bond donors (Lipinski definition) is 2. The first-order valence-corrected chi connectivity index (χ1v) is 5.25. The second-order valence-electron chi connectivity index (χ2n) is 3.67. The van der Waals surface area contributed by atoms with E-state index >= 15 is 0 Å². The maximum Gasteiger partial charge on any atom is 0.279 e. The van der Waals surface area contributed by atoms with Gasteiger partial charge in [0.1, 0.15) is 0 Å². The van der Waals surface area contributed by atoms with Gasteiger partial charge >= 0.3 is 0 Å². The van der Waals surface area contributed by atoms with Crippen LogP contribution in [0, 0.1) is 0 Å². The number of aryl methyl sites for hydroxylation is 1. The van der Waals surface area contributed by atoms with Crippen molar-refractivity contribution in [2.45, 2.75) is 33.1 Å². The number of fused-ring (bicyclic) bond motifs is 1. The molecule has 15 heavy (non-hydrogen) atoms. The average Bonchev–Trinajstić information content (AvgIpc) is 2.69. The lowest BCUT2D eigenvalue weighted by Gasteiger charge is -1.96. The van der Waals surface area contributed by atoms with Crippen LogP contribution in [0.5, 0.6) is 5.88 Å². The van der Waals surface area contributed by atoms with E-state index in [1.807, 2.05) is 13.8 Å². The summed E-state index contributed by atoms with van der Waals surface area (Å²) in [5.41, 5.74) is 2.69. The van der Waals surface area contributed by atoms with Crippen LogP contribution in [0.1, 0.15) is 48.3 Å². The van der Waals surface area contributed by atoms with Crippen molar-refractivity contribution < 1.29 is 9.90 Å². The molecule has 1 aliphatic rings. The van der Waals surface area contributed by atoms with E-state index in [0.29, 0.717) is 23.3 Å². The molecule has 1 aliphatic heterocycles. The Morgan fingerprint density at radius 2 is 2.07 bits per heavy atom. The second kappa shape index (κ2) is 3.53. The largest absolute Gasteiger partial charge is 0.494 e. The molecule has 0 radical (unpaired) electrons. The number of aromatic amines is 1. The molecule has 2 rings (SSSR count). The number of H-pyrrole nitrogens is 1. The molecule has 1 aromatic heterocycles. The van der Waals surface area contributed by atoms with Gasteiger partial charge in [-0.3, -0.25) is 4.79 Å². The van der Waals surface area contributed by atoms with Gasteiger partial charge in [0.05, 0.1) is 16.8 Å². The van der Waals surface area contributed by atoms with E-state index in [9.17, 15) is 9.90 Å². The molecule has 1 aromatic rings. The lowest BCUT2D eigenvalue weighted by molar-refractivity contribution is 0.101. The number of aromatic nitrogens is 1. The third kappa shape index (κ3) is 1.37. The van der Waals surface area contributed by atoms with E-state index in [0.717, 1.165) is 18.5 Å². The fraction of sp³-hybridized carbons (Fsp3) is 0.455. The van der Waals surface area contributed by atoms with Crippen LogP contribution >= 0.6 is 0 Å². The number of amides is 1. The Morgan fingerprint density at radius 1 is 1.33 bits per heavy atom. The molecule has 0 bridgehead atoms. The number of hydrogen-bond acceptors (Lipinski definition) is 2. The zero-order valence-electron chi connectivity index (χ0n) is 8.92. The van der Waals surface area contributed by atoms with Crippen LogP contribution in [-0.2, 0) is 6.42 Å². The van der Waals surface area contributed by atoms with Gasteiger partial charge in [0.15, 0.2) is 5.88 Å². The van der Waals surface area contributed by atoms with Gasteiger partial charge in [0, 0.05) is 5.69 Å². The highest BCUT2D eigenvalue weighted by molar-refractivity contribution is 6.23. The van der Waals surface area contributed by atoms with Crippen molar-refractivity contribution >= 4 is 11.6 Å². The molecular formula is C11H14N2O2. The first kappa shape index (κ1) is 9.96. The van der Waals surface area contributed by atoms with Crippen LogP contribution in [0.4, 0.5) is 0 Å². The van der Waals surface area contributed by atoms with E-state index < -0.39 is 0 Å². The summed E-state index contributed by atoms with van der Waals surface area (Å²) in [6, 6.07) is 0. The smallest absolute Gasteiger partial charge is 0.279 e. The molecule has 0 unspecified atom stereocenters. The minimum Gasteiger partial charge on any atom is -0.494 e. The Bertz CT molecular complexity index is 444. The molecular weight excluding hydrogens is 192 g/mol. The molecule has 4 nitrogen and oxygen atoms in total. The number of nitrogens with one attached hydrogen (secondary N) is 1. The first-order valence-electron chi connectivity index (χ1n) is 5.25. The Balaban J connectivity index is 2.53. The summed E-state index contributed by atoms with van der Waals surface area (Å²) >= 11 is 0. The summed E-state index contributed by atoms with van der Waals surface area (Å²) in [6.07, 6.45) is 2.34. The zero-order valence-corrected chi connectivity index (χ0v) is 8.92. The summed E-state index contributed by atoms with van der Waals surface area (Å²) in [4.78, 5) is 18.4. The van der Waals surface area contributed by atoms with Gasteiger partial charge in [-0.15, -0.1) is 0 Å². The van der Waals surface area contributed by atoms with E-state index in [1.165, 1.54) is 0 Å². The lowest BCUT2D eigenvalue weighted by atomic mass is 10.0. The van der Waals surface area contributed by atoms with Gasteiger partial charge in [0.2, 0.25) is 0 Å². The molecule has 0 fully saturated rings. The van der Waals surface area contributed by atoms with Crippen molar-refractivity contribution in [3.63, 3.8) is 0 Å². The van der Waals surface area contributed by atoms with Gasteiger partial charge in [-0.1, -0.05) is 20.3 Å². The minimum atomic E-state index is -0.221. The monoisotopic (exact) mass is 206 g/mol. The predicted molar refractivity (Wildman–Crippen MR) is 57.6 cm³/mol. The Hall–Kier alpha value is -1.58. The number of aliphatic imine (C=N–C) groups is 1. The fourth-order valence-corrected chi connectivity index (χ4v) is 1.97. The van der Waals surface area contributed by atoms with Crippen LogP contribution in [0.15, 0.2) is 4.99 Å². The topological polar surface area (TPSA) is 65.5 Å². The van der Waals surface area contributed by atoms with E-state index in [-0.39, 0.29) is 11.8 Å². The molecule has 0 saturated heterocycles. The second-order valence-corrected chi connectivity index (χ2v) is 3.67. The first-order chi connectivity index (χ1) is 7.19. The summed E-state index contributed by atoms with van der Waals surface area (Å²) < 4.78 is 0. The summed E-state index contributed by atoms with van der Waals surface area (Å²) in [6.45, 7) is 3.96. The normalized spacial score (nSPS) is 14.3. The number of nitrogens with zero attached hydrogens (tertiary/aromatic N) is 1. The number of rotatable bonds is 3. The lowest BCUT2D eigenvalue weighted by Crippen LogP contribution is -1.95. The maximum atomic E-state index is 11.6. The van der Waals surface area contributed by atoms with Crippen molar-refractivity contribution in [1.82, 2.24) is 4.98 Å². The van der Waals surface area contributed by atoms with Gasteiger partial charge in [-0.05, 0) is 12.8 Å². The fourth-order valence-electron chi connectivity index (χ4n) is 1.97. The van der Waals surface area contributed by atoms with E-state index in [2.05, 4.69) is 9.98 Å². The van der Waals surface area contributed by atoms with E-state index in [1.54, 1.807) is 0 Å². The molecule has 2 N–H and O–H groups in total. The molecule has 0 aromatic carbocycles. The average molecular weight is 206 g/mol. The molecule has 2 heterocycles. The van der Waals surface area contributed by atoms with Crippen molar-refractivity contribution in [3.8, 4) is 5.88 Å². The Labute approximate surface area is 88.0 Å². The number of carbonyl (C=O) groups is 1. The van der Waals surface area contributed by atoms with Gasteiger partial charge < -0.3 is 10.1 Å². The Kier molecular flexibility index (Phi) is 2.34. The van der Waals surface area contributed by atoms with Crippen molar-refractivity contribution in [1.29, 1.82) is 0 Å². The molecule has 80 valence electrons. The van der Waals surface area contributed by atoms with Crippen LogP contribution in [0.25, 0.3) is 0 Å². The van der Waals surface area contributed by atoms with Crippen LogP contribution in [0.3, 0.4) is 0 Å². The highest BCUT2D eigenvalue weighted by Gasteiger charge is 2.30. The number of carbonyl (C=O) groups excluding carboxylic acids is 1. The third-order valence-corrected chi connectivity index (χ3v) is 2.64. The maximum absolute atomic E-state index is 11.6. The van der Waals surface area contributed by atoms with Gasteiger partial charge in [0.25, 0.3) is 5.91 Å². The van der Waals surface area contributed by atoms with Crippen LogP contribution in [0.2, 0.25) is 0 Å². The van der Waals surface area contributed by atoms with Gasteiger partial charge in [-0.2, -0.15) is 0 Å². The summed E-state index contributed by atoms with van der Waals surface area (Å²) in [5.74, 6) is -0.137. The highest BCUT2D eigenvalue weighted by Crippen LogP contribution is 2.32. The standard InChI is InChI=1S/C11H14N2O2/c1-3-5-7-9-8(10(14)13-7)6(4-2)12-11(9)15/h12,15H,3-5H2,1-2H3. The summed E-state index contributed by atoms with van der Waals surface area (Å²) in [7, 11) is 0. The molecule has 0 atom stereocenters. The molecule has 0 spiro atoms. The summed E-state index contributed by atoms with van der Waals surface area (Å²) in [5, 5.41) is 9.71. The predicted octanol–water partition coefficient (Wildman–Crippen LogP) is 2.03.